The smallest absolute Gasteiger partial charge is 0.462 e. The molecule has 0 spiro atoms. The number of unbranched alkanes of at least 4 members (excludes halogenated alkanes) is 31. The van der Waals surface area contributed by atoms with E-state index in [9.17, 15) is 19.0 Å². The second-order valence-electron chi connectivity index (χ2n) is 16.6. The van der Waals surface area contributed by atoms with Crippen molar-refractivity contribution in [3.63, 3.8) is 0 Å². The number of hydrogen-bond acceptors (Lipinski definition) is 7. The van der Waals surface area contributed by atoms with E-state index in [1.54, 1.807) is 0 Å². The van der Waals surface area contributed by atoms with Crippen molar-refractivity contribution in [1.82, 2.24) is 0 Å². The summed E-state index contributed by atoms with van der Waals surface area (Å²) in [7, 11) is -3.20. The first-order chi connectivity index (χ1) is 28.3. The molecule has 0 aliphatic carbocycles. The lowest BCUT2D eigenvalue weighted by atomic mass is 10.0. The van der Waals surface area contributed by atoms with Crippen molar-refractivity contribution < 1.29 is 37.6 Å². The first kappa shape index (κ1) is 56.5. The molecule has 0 amide bonds. The Morgan fingerprint density at radius 1 is 0.483 bits per heavy atom. The SMILES string of the molecule is CCCCC/C=C\C/C=C\CCCCCCCCCCCC(=O)OC(COC(=O)CCCCCCCCCCCCCCCCCCCCCC)COP(=O)(O)OC. The van der Waals surface area contributed by atoms with Gasteiger partial charge in [-0.2, -0.15) is 0 Å². The normalized spacial score (nSPS) is 13.4. The highest BCUT2D eigenvalue weighted by atomic mass is 31.2. The van der Waals surface area contributed by atoms with Crippen LogP contribution in [-0.4, -0.2) is 43.3 Å². The lowest BCUT2D eigenvalue weighted by Crippen LogP contribution is -2.29. The maximum atomic E-state index is 12.6. The van der Waals surface area contributed by atoms with Gasteiger partial charge in [-0.05, 0) is 44.9 Å². The van der Waals surface area contributed by atoms with E-state index in [1.807, 2.05) is 0 Å². The number of carbonyl (C=O) groups is 2. The van der Waals surface area contributed by atoms with Gasteiger partial charge in [-0.1, -0.05) is 218 Å². The van der Waals surface area contributed by atoms with Gasteiger partial charge in [0.15, 0.2) is 6.10 Å². The van der Waals surface area contributed by atoms with Gasteiger partial charge in [0, 0.05) is 20.0 Å². The zero-order chi connectivity index (χ0) is 42.5. The summed E-state index contributed by atoms with van der Waals surface area (Å²) in [4.78, 5) is 34.6. The standard InChI is InChI=1S/C49H93O8P/c1-4-6-8-10-12-14-16-18-20-22-24-26-27-29-31-33-35-37-39-41-43-48(50)55-45-47(46-56-58(52,53)54-3)57-49(51)44-42-40-38-36-34-32-30-28-25-23-21-19-17-15-13-11-9-7-5-2/h13,15,19,21,47H,4-12,14,16-18,20,22-46H2,1-3H3,(H,52,53)/b15-13-,21-19-. The summed E-state index contributed by atoms with van der Waals surface area (Å²) in [5, 5.41) is 0. The third kappa shape index (κ3) is 44.1. The van der Waals surface area contributed by atoms with Gasteiger partial charge in [-0.25, -0.2) is 4.57 Å². The Morgan fingerprint density at radius 3 is 1.24 bits per heavy atom. The summed E-state index contributed by atoms with van der Waals surface area (Å²) in [6.45, 7) is 3.90. The number of ether oxygens (including phenoxy) is 2. The van der Waals surface area contributed by atoms with Gasteiger partial charge >= 0.3 is 19.8 Å². The molecule has 0 radical (unpaired) electrons. The van der Waals surface area contributed by atoms with Gasteiger partial charge in [0.05, 0.1) is 6.61 Å². The summed E-state index contributed by atoms with van der Waals surface area (Å²) < 4.78 is 32.1. The summed E-state index contributed by atoms with van der Waals surface area (Å²) >= 11 is 0. The highest BCUT2D eigenvalue weighted by Crippen LogP contribution is 2.42. The molecule has 342 valence electrons. The molecule has 2 atom stereocenters. The molecule has 0 aliphatic rings. The molecule has 9 heteroatoms. The molecule has 0 heterocycles. The van der Waals surface area contributed by atoms with Crippen molar-refractivity contribution in [2.24, 2.45) is 0 Å². The van der Waals surface area contributed by atoms with Crippen LogP contribution < -0.4 is 0 Å². The van der Waals surface area contributed by atoms with E-state index in [1.165, 1.54) is 173 Å². The molecule has 2 unspecified atom stereocenters. The lowest BCUT2D eigenvalue weighted by molar-refractivity contribution is -0.161. The molecule has 0 rings (SSSR count). The number of hydrogen-bond donors (Lipinski definition) is 1. The maximum Gasteiger partial charge on any atom is 0.472 e. The number of carbonyl (C=O) groups excluding carboxylic acids is 2. The molecule has 0 fully saturated rings. The molecule has 0 aliphatic heterocycles. The lowest BCUT2D eigenvalue weighted by Gasteiger charge is -2.19. The summed E-state index contributed by atoms with van der Waals surface area (Å²) in [5.74, 6) is -0.795. The van der Waals surface area contributed by atoms with E-state index in [0.29, 0.717) is 12.8 Å². The minimum atomic E-state index is -4.26. The van der Waals surface area contributed by atoms with Gasteiger partial charge in [-0.15, -0.1) is 0 Å². The van der Waals surface area contributed by atoms with E-state index >= 15 is 0 Å². The molecule has 1 N–H and O–H groups in total. The Kier molecular flexibility index (Phi) is 43.9. The van der Waals surface area contributed by atoms with Crippen LogP contribution in [0.5, 0.6) is 0 Å². The first-order valence-corrected chi connectivity index (χ1v) is 26.0. The predicted molar refractivity (Wildman–Crippen MR) is 244 cm³/mol. The van der Waals surface area contributed by atoms with Gasteiger partial charge in [-0.3, -0.25) is 18.6 Å². The average Bonchev–Trinajstić information content (AvgIpc) is 3.21. The van der Waals surface area contributed by atoms with Crippen LogP contribution in [0.25, 0.3) is 0 Å². The van der Waals surface area contributed by atoms with Crippen LogP contribution in [0.2, 0.25) is 0 Å². The van der Waals surface area contributed by atoms with Crippen LogP contribution in [0.3, 0.4) is 0 Å². The number of phosphoric ester groups is 1. The van der Waals surface area contributed by atoms with Crippen molar-refractivity contribution >= 4 is 19.8 Å². The van der Waals surface area contributed by atoms with Crippen LogP contribution in [-0.2, 0) is 32.7 Å². The van der Waals surface area contributed by atoms with E-state index in [-0.39, 0.29) is 19.0 Å². The van der Waals surface area contributed by atoms with Crippen LogP contribution in [0.1, 0.15) is 251 Å². The maximum absolute atomic E-state index is 12.6. The Balaban J connectivity index is 3.89. The Morgan fingerprint density at radius 2 is 0.828 bits per heavy atom. The Hall–Kier alpha value is -1.47. The fourth-order valence-electron chi connectivity index (χ4n) is 7.16. The van der Waals surface area contributed by atoms with Gasteiger partial charge in [0.2, 0.25) is 0 Å². The van der Waals surface area contributed by atoms with E-state index in [4.69, 9.17) is 14.0 Å². The fourth-order valence-corrected chi connectivity index (χ4v) is 7.62. The Labute approximate surface area is 358 Å². The van der Waals surface area contributed by atoms with Crippen molar-refractivity contribution in [2.45, 2.75) is 258 Å². The third-order valence-electron chi connectivity index (χ3n) is 10.9. The predicted octanol–water partition coefficient (Wildman–Crippen LogP) is 15.8. The third-order valence-corrected chi connectivity index (χ3v) is 11.9. The van der Waals surface area contributed by atoms with Crippen molar-refractivity contribution in [3.05, 3.63) is 24.3 Å². The topological polar surface area (TPSA) is 108 Å². The van der Waals surface area contributed by atoms with E-state index in [0.717, 1.165) is 52.1 Å². The largest absolute Gasteiger partial charge is 0.472 e. The molecule has 0 aromatic carbocycles. The van der Waals surface area contributed by atoms with Crippen LogP contribution in [0.15, 0.2) is 24.3 Å². The molecule has 0 aromatic rings. The highest BCUT2D eigenvalue weighted by molar-refractivity contribution is 7.47. The molecule has 8 nitrogen and oxygen atoms in total. The molecule has 0 saturated heterocycles. The minimum absolute atomic E-state index is 0.222. The summed E-state index contributed by atoms with van der Waals surface area (Å²) in [6, 6.07) is 0. The second-order valence-corrected chi connectivity index (χ2v) is 18.2. The average molecular weight is 841 g/mol. The second kappa shape index (κ2) is 45.1. The molecule has 0 saturated carbocycles. The van der Waals surface area contributed by atoms with Crippen LogP contribution in [0.4, 0.5) is 0 Å². The fraction of sp³-hybridized carbons (Fsp3) is 0.878. The van der Waals surface area contributed by atoms with Crippen LogP contribution in [0, 0.1) is 0 Å². The molecular weight excluding hydrogens is 748 g/mol. The zero-order valence-electron chi connectivity index (χ0n) is 38.2. The monoisotopic (exact) mass is 841 g/mol. The molecular formula is C49H93O8P. The Bertz CT molecular complexity index is 999. The van der Waals surface area contributed by atoms with Crippen molar-refractivity contribution in [3.8, 4) is 0 Å². The summed E-state index contributed by atoms with van der Waals surface area (Å²) in [6.07, 6.45) is 52.3. The van der Waals surface area contributed by atoms with E-state index < -0.39 is 26.5 Å². The number of allylic oxidation sites excluding steroid dienone is 4. The van der Waals surface area contributed by atoms with Gasteiger partial charge in [0.25, 0.3) is 0 Å². The molecule has 58 heavy (non-hydrogen) atoms. The molecule has 0 bridgehead atoms. The van der Waals surface area contributed by atoms with Crippen LogP contribution >= 0.6 is 7.82 Å². The van der Waals surface area contributed by atoms with E-state index in [2.05, 4.69) is 42.7 Å². The number of phosphoric acid groups is 1. The summed E-state index contributed by atoms with van der Waals surface area (Å²) in [5.41, 5.74) is 0. The first-order valence-electron chi connectivity index (χ1n) is 24.5. The van der Waals surface area contributed by atoms with Crippen molar-refractivity contribution in [1.29, 1.82) is 0 Å². The van der Waals surface area contributed by atoms with Crippen molar-refractivity contribution in [2.75, 3.05) is 20.3 Å². The van der Waals surface area contributed by atoms with Gasteiger partial charge < -0.3 is 14.4 Å². The minimum Gasteiger partial charge on any atom is -0.462 e. The highest BCUT2D eigenvalue weighted by Gasteiger charge is 2.24. The number of rotatable bonds is 46. The zero-order valence-corrected chi connectivity index (χ0v) is 39.1. The quantitative estimate of drug-likeness (QED) is 0.0279. The number of esters is 2. The molecule has 0 aromatic heterocycles. The van der Waals surface area contributed by atoms with Gasteiger partial charge in [0.1, 0.15) is 6.61 Å².